The second-order valence-electron chi connectivity index (χ2n) is 4.37. The lowest BCUT2D eigenvalue weighted by molar-refractivity contribution is -0.151. The highest BCUT2D eigenvalue weighted by atomic mass is 16.5. The molecule has 0 spiro atoms. The monoisotopic (exact) mass is 274 g/mol. The number of ether oxygens (including phenoxy) is 2. The summed E-state index contributed by atoms with van der Waals surface area (Å²) in [6, 6.07) is -1.50. The highest BCUT2D eigenvalue weighted by Gasteiger charge is 2.29. The zero-order valence-corrected chi connectivity index (χ0v) is 12.0. The van der Waals surface area contributed by atoms with Gasteiger partial charge in [-0.25, -0.2) is 4.79 Å². The lowest BCUT2D eigenvalue weighted by atomic mass is 10.0. The molecular weight excluding hydrogens is 252 g/mol. The molecule has 0 rings (SSSR count). The van der Waals surface area contributed by atoms with E-state index in [-0.39, 0.29) is 18.2 Å². The quantitative estimate of drug-likeness (QED) is 0.605. The summed E-state index contributed by atoms with van der Waals surface area (Å²) in [5.74, 6) is -1.60. The summed E-state index contributed by atoms with van der Waals surface area (Å²) in [4.78, 5) is 34.7. The number of hydrogen-bond acceptors (Lipinski definition) is 6. The molecule has 0 fully saturated rings. The molecule has 0 aliphatic heterocycles. The van der Waals surface area contributed by atoms with Crippen molar-refractivity contribution in [2.24, 2.45) is 5.92 Å². The summed E-state index contributed by atoms with van der Waals surface area (Å²) in [5, 5.41) is 5.34. The van der Waals surface area contributed by atoms with Crippen LogP contribution in [0.15, 0.2) is 0 Å². The highest BCUT2D eigenvalue weighted by Crippen LogP contribution is 2.04. The molecule has 7 nitrogen and oxygen atoms in total. The number of carbonyl (C=O) groups excluding carboxylic acids is 3. The van der Waals surface area contributed by atoms with E-state index in [1.54, 1.807) is 7.05 Å². The number of hydrogen-bond donors (Lipinski definition) is 2. The van der Waals surface area contributed by atoms with E-state index in [4.69, 9.17) is 0 Å². The number of amides is 1. The molecule has 0 heterocycles. The molecule has 1 amide bonds. The maximum Gasteiger partial charge on any atom is 0.328 e. The first-order valence-electron chi connectivity index (χ1n) is 5.99. The van der Waals surface area contributed by atoms with Gasteiger partial charge in [-0.2, -0.15) is 0 Å². The van der Waals surface area contributed by atoms with Gasteiger partial charge >= 0.3 is 11.9 Å². The number of methoxy groups -OCH3 is 2. The highest BCUT2D eigenvalue weighted by molar-refractivity contribution is 5.90. The van der Waals surface area contributed by atoms with Crippen LogP contribution in [0.5, 0.6) is 0 Å². The summed E-state index contributed by atoms with van der Waals surface area (Å²) in [6.07, 6.45) is -0.260. The summed E-state index contributed by atoms with van der Waals surface area (Å²) in [5.41, 5.74) is 0. The van der Waals surface area contributed by atoms with Gasteiger partial charge in [-0.3, -0.25) is 9.59 Å². The van der Waals surface area contributed by atoms with E-state index in [1.165, 1.54) is 14.2 Å². The fraction of sp³-hybridized carbons (Fsp3) is 0.750. The molecule has 0 aliphatic rings. The van der Waals surface area contributed by atoms with Crippen molar-refractivity contribution in [3.63, 3.8) is 0 Å². The predicted octanol–water partition coefficient (Wildman–Crippen LogP) is -0.549. The molecule has 2 N–H and O–H groups in total. The third kappa shape index (κ3) is 5.69. The Morgan fingerprint density at radius 3 is 2.05 bits per heavy atom. The summed E-state index contributed by atoms with van der Waals surface area (Å²) < 4.78 is 9.03. The molecular formula is C12H22N2O5. The smallest absolute Gasteiger partial charge is 0.328 e. The van der Waals surface area contributed by atoms with E-state index in [2.05, 4.69) is 20.1 Å². The van der Waals surface area contributed by atoms with E-state index < -0.39 is 24.0 Å². The topological polar surface area (TPSA) is 93.7 Å². The second-order valence-corrected chi connectivity index (χ2v) is 4.37. The van der Waals surface area contributed by atoms with E-state index in [9.17, 15) is 14.4 Å². The zero-order valence-electron chi connectivity index (χ0n) is 12.0. The molecule has 0 saturated heterocycles. The third-order valence-corrected chi connectivity index (χ3v) is 2.66. The van der Waals surface area contributed by atoms with Crippen molar-refractivity contribution in [3.8, 4) is 0 Å². The Hall–Kier alpha value is -1.63. The van der Waals surface area contributed by atoms with Crippen molar-refractivity contribution >= 4 is 17.8 Å². The van der Waals surface area contributed by atoms with Crippen LogP contribution in [0.2, 0.25) is 0 Å². The number of likely N-dealkylation sites (N-methyl/N-ethyl adjacent to an activating group) is 1. The number of carbonyl (C=O) groups is 3. The summed E-state index contributed by atoms with van der Waals surface area (Å²) in [6.45, 7) is 3.74. The Morgan fingerprint density at radius 2 is 1.68 bits per heavy atom. The molecule has 2 atom stereocenters. The van der Waals surface area contributed by atoms with Gasteiger partial charge in [-0.1, -0.05) is 13.8 Å². The van der Waals surface area contributed by atoms with E-state index in [0.29, 0.717) is 0 Å². The molecule has 0 aromatic rings. The van der Waals surface area contributed by atoms with Crippen LogP contribution >= 0.6 is 0 Å². The fourth-order valence-electron chi connectivity index (χ4n) is 1.61. The maximum atomic E-state index is 12.0. The average molecular weight is 274 g/mol. The van der Waals surface area contributed by atoms with Crippen LogP contribution in [0.1, 0.15) is 20.3 Å². The van der Waals surface area contributed by atoms with Crippen molar-refractivity contribution < 1.29 is 23.9 Å². The summed E-state index contributed by atoms with van der Waals surface area (Å²) >= 11 is 0. The van der Waals surface area contributed by atoms with E-state index >= 15 is 0 Å². The number of nitrogens with one attached hydrogen (secondary N) is 2. The van der Waals surface area contributed by atoms with Gasteiger partial charge in [0.05, 0.1) is 26.7 Å². The van der Waals surface area contributed by atoms with Crippen molar-refractivity contribution in [3.05, 3.63) is 0 Å². The van der Waals surface area contributed by atoms with Gasteiger partial charge in [0, 0.05) is 0 Å². The molecule has 0 aromatic carbocycles. The minimum Gasteiger partial charge on any atom is -0.469 e. The first kappa shape index (κ1) is 17.4. The molecule has 0 bridgehead atoms. The predicted molar refractivity (Wildman–Crippen MR) is 68.3 cm³/mol. The Kier molecular flexibility index (Phi) is 7.74. The minimum atomic E-state index is -1.04. The van der Waals surface area contributed by atoms with Crippen LogP contribution < -0.4 is 10.6 Å². The second kappa shape index (κ2) is 8.47. The third-order valence-electron chi connectivity index (χ3n) is 2.66. The molecule has 19 heavy (non-hydrogen) atoms. The minimum absolute atomic E-state index is 0.0430. The van der Waals surface area contributed by atoms with E-state index in [1.807, 2.05) is 13.8 Å². The molecule has 7 heteroatoms. The Labute approximate surface area is 113 Å². The van der Waals surface area contributed by atoms with Crippen molar-refractivity contribution in [1.82, 2.24) is 10.6 Å². The van der Waals surface area contributed by atoms with Gasteiger partial charge in [0.25, 0.3) is 0 Å². The van der Waals surface area contributed by atoms with Gasteiger partial charge < -0.3 is 20.1 Å². The fourth-order valence-corrected chi connectivity index (χ4v) is 1.61. The summed E-state index contributed by atoms with van der Waals surface area (Å²) in [7, 11) is 4.05. The lowest BCUT2D eigenvalue weighted by Crippen LogP contribution is -2.52. The van der Waals surface area contributed by atoms with Gasteiger partial charge in [-0.05, 0) is 13.0 Å². The van der Waals surface area contributed by atoms with Gasteiger partial charge in [0.15, 0.2) is 0 Å². The molecule has 110 valence electrons. The van der Waals surface area contributed by atoms with Gasteiger partial charge in [0.2, 0.25) is 5.91 Å². The molecule has 0 saturated carbocycles. The lowest BCUT2D eigenvalue weighted by Gasteiger charge is -2.22. The first-order valence-corrected chi connectivity index (χ1v) is 5.99. The van der Waals surface area contributed by atoms with Crippen LogP contribution in [0.3, 0.4) is 0 Å². The first-order chi connectivity index (χ1) is 8.87. The standard InChI is InChI=1S/C12H22N2O5/c1-7(2)10(13-3)11(16)14-8(12(17)19-5)6-9(15)18-4/h7-8,10,13H,6H2,1-5H3,(H,14,16)/t8-,10-/m0/s1. The average Bonchev–Trinajstić information content (AvgIpc) is 2.36. The van der Waals surface area contributed by atoms with Crippen LogP contribution in [0.25, 0.3) is 0 Å². The molecule has 0 aliphatic carbocycles. The molecule has 0 aromatic heterocycles. The normalized spacial score (nSPS) is 13.6. The zero-order chi connectivity index (χ0) is 15.0. The Balaban J connectivity index is 4.76. The van der Waals surface area contributed by atoms with Gasteiger partial charge in [0.1, 0.15) is 6.04 Å². The SMILES string of the molecule is CN[C@H](C(=O)N[C@@H](CC(=O)OC)C(=O)OC)C(C)C. The van der Waals surface area contributed by atoms with Crippen LogP contribution in [-0.4, -0.2) is 51.2 Å². The number of rotatable bonds is 7. The molecule has 0 unspecified atom stereocenters. The van der Waals surface area contributed by atoms with Crippen LogP contribution in [0.4, 0.5) is 0 Å². The Bertz CT molecular complexity index is 330. The maximum absolute atomic E-state index is 12.0. The van der Waals surface area contributed by atoms with Crippen molar-refractivity contribution in [2.45, 2.75) is 32.4 Å². The van der Waals surface area contributed by atoms with Crippen molar-refractivity contribution in [1.29, 1.82) is 0 Å². The van der Waals surface area contributed by atoms with Crippen LogP contribution in [0, 0.1) is 5.92 Å². The van der Waals surface area contributed by atoms with Crippen LogP contribution in [-0.2, 0) is 23.9 Å². The Morgan fingerprint density at radius 1 is 1.11 bits per heavy atom. The largest absolute Gasteiger partial charge is 0.469 e. The van der Waals surface area contributed by atoms with Crippen molar-refractivity contribution in [2.75, 3.05) is 21.3 Å². The number of esters is 2. The van der Waals surface area contributed by atoms with Gasteiger partial charge in [-0.15, -0.1) is 0 Å². The molecule has 0 radical (unpaired) electrons. The van der Waals surface area contributed by atoms with E-state index in [0.717, 1.165) is 0 Å².